The Morgan fingerprint density at radius 2 is 0.529 bits per heavy atom. The van der Waals surface area contributed by atoms with Crippen LogP contribution in [0, 0.1) is 0 Å². The predicted octanol–water partition coefficient (Wildman–Crippen LogP) is 8.19. The van der Waals surface area contributed by atoms with Gasteiger partial charge in [0.1, 0.15) is 0 Å². The molecule has 0 aliphatic heterocycles. The molecule has 0 aromatic rings. The van der Waals surface area contributed by atoms with Crippen molar-refractivity contribution in [1.29, 1.82) is 0 Å². The van der Waals surface area contributed by atoms with Gasteiger partial charge in [0.15, 0.2) is 0 Å². The molecular weight excluding hydrogens is 673 g/mol. The molecule has 34 heavy (non-hydrogen) atoms. The third-order valence-electron chi connectivity index (χ3n) is 2.72. The van der Waals surface area contributed by atoms with E-state index in [4.69, 9.17) is 35.4 Å². The van der Waals surface area contributed by atoms with E-state index in [1.807, 2.05) is 0 Å². The zero-order valence-electron chi connectivity index (χ0n) is 21.3. The van der Waals surface area contributed by atoms with E-state index in [2.05, 4.69) is 41.5 Å². The number of rotatable bonds is 18. The minimum Gasteiger partial charge on any atom is -0.806 e. The fourth-order valence-corrected chi connectivity index (χ4v) is 22.0. The van der Waals surface area contributed by atoms with Crippen LogP contribution in [0.3, 0.4) is 0 Å². The fraction of sp³-hybridized carbons (Fsp3) is 1.00. The summed E-state index contributed by atoms with van der Waals surface area (Å²) in [6.07, 6.45) is 6.32. The van der Waals surface area contributed by atoms with E-state index in [1.165, 1.54) is 68.3 Å². The molecule has 3 nitrogen and oxygen atoms in total. The summed E-state index contributed by atoms with van der Waals surface area (Å²) >= 11 is 23.6. The van der Waals surface area contributed by atoms with Crippen LogP contribution in [-0.4, -0.2) is 51.9 Å². The van der Waals surface area contributed by atoms with Gasteiger partial charge in [-0.15, -0.1) is 68.3 Å². The Kier molecular flexibility index (Phi) is 40.7. The van der Waals surface area contributed by atoms with Crippen LogP contribution in [0.15, 0.2) is 0 Å². The SMILES string of the molecule is CCCSP([O-])(=S)SCCC.CCCSP([O-])(=S)SCCC.CCCSP([O-])(=S)SCCC.[Al+3]. The third-order valence-corrected chi connectivity index (χ3v) is 28.5. The van der Waals surface area contributed by atoms with Crippen LogP contribution in [-0.2, 0) is 35.4 Å². The Balaban J connectivity index is -0.000000196. The first kappa shape index (κ1) is 45.5. The maximum atomic E-state index is 11.5. The molecule has 0 saturated heterocycles. The van der Waals surface area contributed by atoms with Crippen LogP contribution in [0.5, 0.6) is 0 Å². The molecule has 0 saturated carbocycles. The van der Waals surface area contributed by atoms with Gasteiger partial charge in [-0.25, -0.2) is 0 Å². The molecule has 0 aromatic carbocycles. The van der Waals surface area contributed by atoms with Crippen LogP contribution in [0.4, 0.5) is 0 Å². The second-order valence-electron chi connectivity index (χ2n) is 6.34. The van der Waals surface area contributed by atoms with Gasteiger partial charge >= 0.3 is 17.4 Å². The Hall–Kier alpha value is 4.46. The van der Waals surface area contributed by atoms with E-state index in [0.717, 1.165) is 73.0 Å². The monoisotopic (exact) mass is 714 g/mol. The summed E-state index contributed by atoms with van der Waals surface area (Å²) in [6, 6.07) is 0. The smallest absolute Gasteiger partial charge is 0.806 e. The summed E-state index contributed by atoms with van der Waals surface area (Å²) in [5, 5.41) is 0. The van der Waals surface area contributed by atoms with Crippen LogP contribution in [0.2, 0.25) is 0 Å². The molecule has 0 aliphatic rings. The van der Waals surface area contributed by atoms with Crippen molar-refractivity contribution in [2.45, 2.75) is 80.1 Å². The number of hydrogen-bond acceptors (Lipinski definition) is 12. The van der Waals surface area contributed by atoms with E-state index in [1.54, 1.807) is 0 Å². The first-order valence-corrected chi connectivity index (χ1v) is 28.9. The molecule has 0 bridgehead atoms. The second-order valence-corrected chi connectivity index (χ2v) is 37.8. The minimum atomic E-state index is -2.31. The zero-order chi connectivity index (χ0) is 26.2. The first-order chi connectivity index (χ1) is 15.4. The first-order valence-electron chi connectivity index (χ1n) is 11.2. The van der Waals surface area contributed by atoms with Gasteiger partial charge in [-0.3, -0.25) is 0 Å². The predicted molar refractivity (Wildman–Crippen MR) is 185 cm³/mol. The van der Waals surface area contributed by atoms with Gasteiger partial charge in [0.05, 0.1) is 0 Å². The molecule has 0 spiro atoms. The Bertz CT molecular complexity index is 466. The third kappa shape index (κ3) is 38.6. The summed E-state index contributed by atoms with van der Waals surface area (Å²) in [4.78, 5) is 34.4. The molecule has 0 aromatic heterocycles. The maximum Gasteiger partial charge on any atom is 3.00 e. The average molecular weight is 715 g/mol. The largest absolute Gasteiger partial charge is 3.00 e. The van der Waals surface area contributed by atoms with E-state index in [9.17, 15) is 14.7 Å². The molecule has 0 heterocycles. The van der Waals surface area contributed by atoms with Crippen LogP contribution in [0.25, 0.3) is 0 Å². The van der Waals surface area contributed by atoms with Crippen LogP contribution in [0.1, 0.15) is 80.1 Å². The van der Waals surface area contributed by atoms with E-state index < -0.39 is 14.0 Å². The van der Waals surface area contributed by atoms with Gasteiger partial charge in [0.2, 0.25) is 0 Å². The minimum absolute atomic E-state index is 0. The van der Waals surface area contributed by atoms with E-state index in [-0.39, 0.29) is 17.4 Å². The average Bonchev–Trinajstić information content (AvgIpc) is 2.77. The summed E-state index contributed by atoms with van der Waals surface area (Å²) in [5.74, 6) is 5.57. The fourth-order valence-electron chi connectivity index (χ4n) is 1.33. The van der Waals surface area contributed by atoms with Crippen LogP contribution >= 0.6 is 82.3 Å². The molecule has 0 aliphatic carbocycles. The van der Waals surface area contributed by atoms with Gasteiger partial charge in [0, 0.05) is 0 Å². The summed E-state index contributed by atoms with van der Waals surface area (Å²) in [6.45, 7) is 12.5. The quantitative estimate of drug-likeness (QED) is 0.102. The maximum absolute atomic E-state index is 11.5. The van der Waals surface area contributed by atoms with Gasteiger partial charge in [-0.1, -0.05) is 77.0 Å². The van der Waals surface area contributed by atoms with Gasteiger partial charge < -0.3 is 14.7 Å². The molecule has 16 heteroatoms. The normalized spacial score (nSPS) is 11.6. The van der Waals surface area contributed by atoms with Crippen molar-refractivity contribution >= 4 is 135 Å². The molecule has 0 atom stereocenters. The standard InChI is InChI=1S/3C6H15OPS3.Al/c3*1-3-5-10-8(7,9)11-6-4-2;/h3*3-6H2,1-2H3,(H,7,9);/q;;;+3/p-3. The van der Waals surface area contributed by atoms with Crippen molar-refractivity contribution in [2.75, 3.05) is 34.5 Å². The molecule has 0 radical (unpaired) electrons. The summed E-state index contributed by atoms with van der Waals surface area (Å²) in [5.41, 5.74) is 0. The molecule has 0 amide bonds. The summed E-state index contributed by atoms with van der Waals surface area (Å²) < 4.78 is -6.93. The molecule has 0 unspecified atom stereocenters. The van der Waals surface area contributed by atoms with Crippen molar-refractivity contribution < 1.29 is 14.7 Å². The van der Waals surface area contributed by atoms with E-state index in [0.29, 0.717) is 0 Å². The Labute approximate surface area is 261 Å². The molecule has 204 valence electrons. The van der Waals surface area contributed by atoms with Crippen LogP contribution < -0.4 is 14.7 Å². The topological polar surface area (TPSA) is 69.2 Å². The summed E-state index contributed by atoms with van der Waals surface area (Å²) in [7, 11) is 0. The number of hydrogen-bond donors (Lipinski definition) is 0. The van der Waals surface area contributed by atoms with E-state index >= 15 is 0 Å². The Morgan fingerprint density at radius 1 is 0.412 bits per heavy atom. The Morgan fingerprint density at radius 3 is 0.618 bits per heavy atom. The van der Waals surface area contributed by atoms with Crippen molar-refractivity contribution in [3.63, 3.8) is 0 Å². The molecule has 0 fully saturated rings. The van der Waals surface area contributed by atoms with Crippen molar-refractivity contribution in [1.82, 2.24) is 0 Å². The molecule has 0 N–H and O–H groups in total. The van der Waals surface area contributed by atoms with Crippen molar-refractivity contribution in [3.05, 3.63) is 0 Å². The zero-order valence-corrected chi connectivity index (χ0v) is 32.5. The van der Waals surface area contributed by atoms with Crippen molar-refractivity contribution in [2.24, 2.45) is 0 Å². The van der Waals surface area contributed by atoms with Crippen molar-refractivity contribution in [3.8, 4) is 0 Å². The molecular formula is C18H42AlO3P3S9. The second kappa shape index (κ2) is 30.4. The molecule has 0 rings (SSSR count). The van der Waals surface area contributed by atoms with Gasteiger partial charge in [0.25, 0.3) is 0 Å². The van der Waals surface area contributed by atoms with Gasteiger partial charge in [-0.05, 0) is 87.0 Å². The van der Waals surface area contributed by atoms with Gasteiger partial charge in [-0.2, -0.15) is 0 Å².